The van der Waals surface area contributed by atoms with Gasteiger partial charge in [0.05, 0.1) is 0 Å². The molecule has 3 aromatic rings. The topological polar surface area (TPSA) is 0 Å². The van der Waals surface area contributed by atoms with E-state index in [-0.39, 0.29) is 0 Å². The molecule has 0 fully saturated rings. The third-order valence-corrected chi connectivity index (χ3v) is 24.5. The molecular formula is C18F12Sb2. The number of hydrogen-bond donors (Lipinski definition) is 0. The van der Waals surface area contributed by atoms with Crippen molar-refractivity contribution in [2.45, 2.75) is 0 Å². The number of rotatable bonds is 0. The van der Waals surface area contributed by atoms with Crippen LogP contribution >= 0.6 is 0 Å². The standard InChI is InChI=1S/3C6F4.2Sb/c3*7-3-1-2-4(8)6(10)5(3)9;;. The van der Waals surface area contributed by atoms with Gasteiger partial charge in [0, 0.05) is 0 Å². The second kappa shape index (κ2) is 6.98. The van der Waals surface area contributed by atoms with Gasteiger partial charge in [-0.15, -0.1) is 0 Å². The van der Waals surface area contributed by atoms with Crippen molar-refractivity contribution < 1.29 is 52.7 Å². The Kier molecular flexibility index (Phi) is 4.86. The summed E-state index contributed by atoms with van der Waals surface area (Å²) in [5, 5.41) is 0. The van der Waals surface area contributed by atoms with Gasteiger partial charge in [-0.2, -0.15) is 0 Å². The Bertz CT molecular complexity index is 1140. The Hall–Kier alpha value is -1.54. The second-order valence-electron chi connectivity index (χ2n) is 6.53. The number of hydrogen-bond acceptors (Lipinski definition) is 0. The molecule has 3 aromatic carbocycles. The molecule has 6 rings (SSSR count). The van der Waals surface area contributed by atoms with Gasteiger partial charge in [0.2, 0.25) is 0 Å². The third kappa shape index (κ3) is 2.40. The van der Waals surface area contributed by atoms with Gasteiger partial charge >= 0.3 is 184 Å². The summed E-state index contributed by atoms with van der Waals surface area (Å²) in [5.41, 5.74) is 0. The molecule has 3 aliphatic rings. The molecule has 32 heavy (non-hydrogen) atoms. The average molecular weight is 688 g/mol. The van der Waals surface area contributed by atoms with Crippen LogP contribution in [0.25, 0.3) is 0 Å². The first-order chi connectivity index (χ1) is 14.9. The van der Waals surface area contributed by atoms with E-state index in [0.29, 0.717) is 0 Å². The van der Waals surface area contributed by atoms with Crippen LogP contribution < -0.4 is 21.1 Å². The van der Waals surface area contributed by atoms with Crippen LogP contribution in [0.3, 0.4) is 0 Å². The van der Waals surface area contributed by atoms with Gasteiger partial charge in [-0.05, 0) is 0 Å². The van der Waals surface area contributed by atoms with E-state index in [9.17, 15) is 52.7 Å². The fraction of sp³-hybridized carbons (Fsp3) is 0. The van der Waals surface area contributed by atoms with Gasteiger partial charge in [0.15, 0.2) is 0 Å². The van der Waals surface area contributed by atoms with Crippen molar-refractivity contribution >= 4 is 61.5 Å². The zero-order valence-electron chi connectivity index (χ0n) is 14.4. The van der Waals surface area contributed by atoms with Gasteiger partial charge in [0.25, 0.3) is 0 Å². The maximum absolute atomic E-state index is 14.7. The van der Waals surface area contributed by atoms with Crippen molar-refractivity contribution in [1.82, 2.24) is 0 Å². The zero-order valence-corrected chi connectivity index (χ0v) is 19.5. The number of benzene rings is 3. The fourth-order valence-corrected chi connectivity index (χ4v) is 29.4. The Balaban J connectivity index is 2.09. The molecule has 14 heteroatoms. The van der Waals surface area contributed by atoms with Crippen molar-refractivity contribution in [2.24, 2.45) is 0 Å². The van der Waals surface area contributed by atoms with E-state index >= 15 is 0 Å². The normalized spacial score (nSPS) is 14.6. The molecule has 0 radical (unpaired) electrons. The van der Waals surface area contributed by atoms with Crippen molar-refractivity contribution in [3.8, 4) is 0 Å². The molecule has 0 atom stereocenters. The summed E-state index contributed by atoms with van der Waals surface area (Å²) in [6.07, 6.45) is 0. The molecule has 0 spiro atoms. The van der Waals surface area contributed by atoms with Crippen molar-refractivity contribution in [3.63, 3.8) is 0 Å². The van der Waals surface area contributed by atoms with Gasteiger partial charge in [-0.25, -0.2) is 0 Å². The Morgan fingerprint density at radius 3 is 0.469 bits per heavy atom. The van der Waals surface area contributed by atoms with Gasteiger partial charge in [-0.3, -0.25) is 0 Å². The Morgan fingerprint density at radius 2 is 0.344 bits per heavy atom. The predicted molar refractivity (Wildman–Crippen MR) is 88.1 cm³/mol. The molecule has 0 saturated heterocycles. The summed E-state index contributed by atoms with van der Waals surface area (Å²) in [4.78, 5) is 0. The first-order valence-corrected chi connectivity index (χ1v) is 15.8. The van der Waals surface area contributed by atoms with E-state index in [1.807, 2.05) is 0 Å². The van der Waals surface area contributed by atoms with E-state index < -0.39 is 131 Å². The van der Waals surface area contributed by atoms with Crippen LogP contribution in [0.4, 0.5) is 52.7 Å². The van der Waals surface area contributed by atoms with Gasteiger partial charge < -0.3 is 0 Å². The van der Waals surface area contributed by atoms with Gasteiger partial charge in [0.1, 0.15) is 0 Å². The SMILES string of the molecule is Fc1c(F)c(F)[c]2[c](c1F)[Sb]1[c]3c(F)c(F)c(F)c(F)[c]3[Sb]2[c]2c(F)c(F)c(F)c(F)[c]21. The average Bonchev–Trinajstić information content (AvgIpc) is 2.78. The summed E-state index contributed by atoms with van der Waals surface area (Å²) < 4.78 is 165. The first kappa shape index (κ1) is 22.3. The fourth-order valence-electron chi connectivity index (χ4n) is 3.72. The van der Waals surface area contributed by atoms with E-state index in [2.05, 4.69) is 0 Å². The molecule has 2 bridgehead atoms. The molecule has 0 aromatic heterocycles. The predicted octanol–water partition coefficient (Wildman–Crippen LogP) is 1.01. The third-order valence-electron chi connectivity index (χ3n) is 5.00. The van der Waals surface area contributed by atoms with E-state index in [1.54, 1.807) is 0 Å². The van der Waals surface area contributed by atoms with Crippen LogP contribution in [-0.2, 0) is 0 Å². The minimum atomic E-state index is -5.22. The summed E-state index contributed by atoms with van der Waals surface area (Å²) in [5.74, 6) is -27.4. The second-order valence-corrected chi connectivity index (χ2v) is 18.0. The van der Waals surface area contributed by atoms with Crippen LogP contribution in [-0.4, -0.2) is 40.4 Å². The molecule has 0 amide bonds. The maximum atomic E-state index is 14.7. The molecule has 0 nitrogen and oxygen atoms in total. The summed E-state index contributed by atoms with van der Waals surface area (Å²) >= 11 is -10.4. The summed E-state index contributed by atoms with van der Waals surface area (Å²) in [6, 6.07) is 0. The van der Waals surface area contributed by atoms with Gasteiger partial charge in [-0.1, -0.05) is 0 Å². The molecule has 3 heterocycles. The first-order valence-electron chi connectivity index (χ1n) is 8.11. The number of halogens is 12. The van der Waals surface area contributed by atoms with Crippen LogP contribution in [0, 0.1) is 69.8 Å². The molecule has 0 N–H and O–H groups in total. The van der Waals surface area contributed by atoms with Crippen LogP contribution in [0.2, 0.25) is 0 Å². The molecule has 0 saturated carbocycles. The zero-order chi connectivity index (χ0) is 23.5. The summed E-state index contributed by atoms with van der Waals surface area (Å²) in [6.45, 7) is 0. The Morgan fingerprint density at radius 1 is 0.219 bits per heavy atom. The van der Waals surface area contributed by atoms with E-state index in [0.717, 1.165) is 0 Å². The molecule has 3 aliphatic heterocycles. The molecule has 166 valence electrons. The summed E-state index contributed by atoms with van der Waals surface area (Å²) in [7, 11) is 0. The van der Waals surface area contributed by atoms with E-state index in [1.165, 1.54) is 0 Å². The molecule has 0 aliphatic carbocycles. The quantitative estimate of drug-likeness (QED) is 0.0989. The molecule has 0 unspecified atom stereocenters. The van der Waals surface area contributed by atoms with E-state index in [4.69, 9.17) is 0 Å². The monoisotopic (exact) mass is 686 g/mol. The van der Waals surface area contributed by atoms with Crippen LogP contribution in [0.15, 0.2) is 0 Å². The molecular weight excluding hydrogens is 688 g/mol. The van der Waals surface area contributed by atoms with Crippen molar-refractivity contribution in [3.05, 3.63) is 69.8 Å². The minimum absolute atomic E-state index is 1.17. The Labute approximate surface area is 183 Å². The van der Waals surface area contributed by atoms with Crippen molar-refractivity contribution in [1.29, 1.82) is 0 Å². The van der Waals surface area contributed by atoms with Crippen LogP contribution in [0.5, 0.6) is 0 Å². The van der Waals surface area contributed by atoms with Crippen molar-refractivity contribution in [2.75, 3.05) is 0 Å². The van der Waals surface area contributed by atoms with Crippen LogP contribution in [0.1, 0.15) is 0 Å².